The number of hydrogen-bond donors (Lipinski definition) is 1. The zero-order valence-corrected chi connectivity index (χ0v) is 20.3. The molecule has 2 aromatic rings. The number of para-hydroxylation sites is 1. The van der Waals surface area contributed by atoms with Crippen LogP contribution in [0, 0.1) is 37.0 Å². The van der Waals surface area contributed by atoms with E-state index in [0.717, 1.165) is 11.1 Å². The van der Waals surface area contributed by atoms with Crippen molar-refractivity contribution in [1.29, 1.82) is 0 Å². The summed E-state index contributed by atoms with van der Waals surface area (Å²) in [5.74, 6) is -2.27. The molecule has 2 unspecified atom stereocenters. The predicted octanol–water partition coefficient (Wildman–Crippen LogP) is 6.60. The fraction of sp³-hybridized carbons (Fsp3) is 0.462. The molecule has 1 saturated heterocycles. The minimum absolute atomic E-state index is 0.00913. The minimum Gasteiger partial charge on any atom is -0.325 e. The fourth-order valence-electron chi connectivity index (χ4n) is 5.98. The van der Waals surface area contributed by atoms with Crippen LogP contribution in [0.2, 0.25) is 0 Å². The number of aryl methyl sites for hydroxylation is 2. The molecule has 2 aromatic carbocycles. The van der Waals surface area contributed by atoms with Gasteiger partial charge in [-0.2, -0.15) is 26.3 Å². The van der Waals surface area contributed by atoms with E-state index < -0.39 is 52.4 Å². The topological polar surface area (TPSA) is 49.4 Å². The molecular formula is C26H26F6N2O2. The van der Waals surface area contributed by atoms with Crippen molar-refractivity contribution in [3.63, 3.8) is 0 Å². The van der Waals surface area contributed by atoms with Crippen LogP contribution in [0.3, 0.4) is 0 Å². The van der Waals surface area contributed by atoms with E-state index in [0.29, 0.717) is 17.8 Å². The lowest BCUT2D eigenvalue weighted by atomic mass is 9.84. The number of carbonyl (C=O) groups excluding carboxylic acids is 2. The number of rotatable bonds is 4. The van der Waals surface area contributed by atoms with Crippen LogP contribution >= 0.6 is 0 Å². The van der Waals surface area contributed by atoms with Crippen molar-refractivity contribution >= 4 is 23.2 Å². The third-order valence-electron chi connectivity index (χ3n) is 7.51. The normalized spacial score (nSPS) is 25.8. The maximum absolute atomic E-state index is 13.7. The van der Waals surface area contributed by atoms with E-state index in [1.807, 2.05) is 45.9 Å². The lowest BCUT2D eigenvalue weighted by Gasteiger charge is -2.27. The first-order chi connectivity index (χ1) is 16.5. The van der Waals surface area contributed by atoms with Gasteiger partial charge in [-0.05, 0) is 49.1 Å². The second-order valence-electron chi connectivity index (χ2n) is 10.1. The number of alkyl halides is 6. The first-order valence-electron chi connectivity index (χ1n) is 11.5. The molecule has 1 N–H and O–H groups in total. The van der Waals surface area contributed by atoms with Crippen LogP contribution in [0.25, 0.3) is 0 Å². The van der Waals surface area contributed by atoms with Gasteiger partial charge in [0.1, 0.15) is 0 Å². The number of hydrogen-bond acceptors (Lipinski definition) is 2. The molecule has 36 heavy (non-hydrogen) atoms. The van der Waals surface area contributed by atoms with Gasteiger partial charge in [-0.25, -0.2) is 0 Å². The minimum atomic E-state index is -5.04. The van der Waals surface area contributed by atoms with Gasteiger partial charge in [0, 0.05) is 17.3 Å². The zero-order chi connectivity index (χ0) is 27.0. The highest BCUT2D eigenvalue weighted by atomic mass is 19.4. The van der Waals surface area contributed by atoms with E-state index in [-0.39, 0.29) is 23.8 Å². The van der Waals surface area contributed by atoms with Crippen LogP contribution < -0.4 is 10.2 Å². The second-order valence-corrected chi connectivity index (χ2v) is 10.1. The molecule has 2 aliphatic rings. The van der Waals surface area contributed by atoms with Crippen LogP contribution in [0.1, 0.15) is 43.0 Å². The summed E-state index contributed by atoms with van der Waals surface area (Å²) in [6.07, 6.45) is -10.1. The van der Waals surface area contributed by atoms with Crippen LogP contribution in [0.4, 0.5) is 37.7 Å². The van der Waals surface area contributed by atoms with Crippen molar-refractivity contribution in [3.8, 4) is 0 Å². The van der Waals surface area contributed by atoms with E-state index in [1.54, 1.807) is 11.8 Å². The molecule has 0 spiro atoms. The Balaban J connectivity index is 1.77. The van der Waals surface area contributed by atoms with Crippen LogP contribution in [-0.2, 0) is 21.9 Å². The van der Waals surface area contributed by atoms with Crippen molar-refractivity contribution in [3.05, 3.63) is 58.7 Å². The summed E-state index contributed by atoms with van der Waals surface area (Å²) in [6.45, 7) is 9.04. The monoisotopic (exact) mass is 512 g/mol. The molecule has 0 bridgehead atoms. The van der Waals surface area contributed by atoms with Gasteiger partial charge < -0.3 is 10.2 Å². The van der Waals surface area contributed by atoms with E-state index in [4.69, 9.17) is 0 Å². The first kappa shape index (κ1) is 26.0. The summed E-state index contributed by atoms with van der Waals surface area (Å²) in [7, 11) is 0. The average molecular weight is 512 g/mol. The molecule has 10 heteroatoms. The van der Waals surface area contributed by atoms with Gasteiger partial charge >= 0.3 is 12.4 Å². The van der Waals surface area contributed by atoms with Crippen molar-refractivity contribution in [2.45, 2.75) is 53.0 Å². The largest absolute Gasteiger partial charge is 0.416 e. The van der Waals surface area contributed by atoms with Crippen molar-refractivity contribution in [2.24, 2.45) is 23.2 Å². The third-order valence-corrected chi connectivity index (χ3v) is 7.51. The van der Waals surface area contributed by atoms with E-state index in [1.165, 1.54) is 0 Å². The third kappa shape index (κ3) is 3.85. The number of halogens is 6. The Kier molecular flexibility index (Phi) is 5.96. The van der Waals surface area contributed by atoms with Crippen LogP contribution in [0.15, 0.2) is 36.4 Å². The van der Waals surface area contributed by atoms with Gasteiger partial charge in [-0.3, -0.25) is 9.59 Å². The summed E-state index contributed by atoms with van der Waals surface area (Å²) in [5.41, 5.74) is -2.61. The quantitative estimate of drug-likeness (QED) is 0.469. The Morgan fingerprint density at radius 2 is 1.47 bits per heavy atom. The second kappa shape index (κ2) is 8.24. The van der Waals surface area contributed by atoms with E-state index in [9.17, 15) is 35.9 Å². The number of fused-ring (bicyclic) bond motifs is 1. The van der Waals surface area contributed by atoms with Gasteiger partial charge in [0.05, 0.1) is 28.5 Å². The highest BCUT2D eigenvalue weighted by Crippen LogP contribution is 2.69. The molecule has 4 nitrogen and oxygen atoms in total. The number of benzene rings is 2. The number of nitrogens with one attached hydrogen (secondary N) is 1. The SMILES string of the molecule is Cc1cccc(C)c1N1C(=O)[C@@H](C)[C@@]2(C(=O)Nc3cc(C(F)(F)F)cc(C(F)(F)F)c3)C(C(C)C)C12. The molecule has 0 aromatic heterocycles. The summed E-state index contributed by atoms with van der Waals surface area (Å²) in [6, 6.07) is 5.94. The molecule has 2 fully saturated rings. The highest BCUT2D eigenvalue weighted by molar-refractivity contribution is 6.12. The summed E-state index contributed by atoms with van der Waals surface area (Å²) in [4.78, 5) is 28.7. The average Bonchev–Trinajstić information content (AvgIpc) is 3.39. The van der Waals surface area contributed by atoms with Crippen molar-refractivity contribution in [1.82, 2.24) is 0 Å². The summed E-state index contributed by atoms with van der Waals surface area (Å²) in [5, 5.41) is 2.31. The Morgan fingerprint density at radius 3 is 1.92 bits per heavy atom. The number of piperidine rings is 1. The molecule has 1 aliphatic carbocycles. The summed E-state index contributed by atoms with van der Waals surface area (Å²) >= 11 is 0. The Morgan fingerprint density at radius 1 is 0.972 bits per heavy atom. The van der Waals surface area contributed by atoms with E-state index >= 15 is 0 Å². The molecule has 1 saturated carbocycles. The van der Waals surface area contributed by atoms with Crippen LogP contribution in [-0.4, -0.2) is 17.9 Å². The molecular weight excluding hydrogens is 486 g/mol. The summed E-state index contributed by atoms with van der Waals surface area (Å²) < 4.78 is 79.9. The van der Waals surface area contributed by atoms with Gasteiger partial charge in [-0.1, -0.05) is 39.0 Å². The van der Waals surface area contributed by atoms with Crippen LogP contribution in [0.5, 0.6) is 0 Å². The molecule has 194 valence electrons. The molecule has 4 rings (SSSR count). The number of nitrogens with zero attached hydrogens (tertiary/aromatic N) is 1. The maximum Gasteiger partial charge on any atom is 0.416 e. The fourth-order valence-corrected chi connectivity index (χ4v) is 5.98. The van der Waals surface area contributed by atoms with Crippen molar-refractivity contribution in [2.75, 3.05) is 10.2 Å². The number of carbonyl (C=O) groups is 2. The van der Waals surface area contributed by atoms with Crippen molar-refractivity contribution < 1.29 is 35.9 Å². The molecule has 0 radical (unpaired) electrons. The maximum atomic E-state index is 13.7. The van der Waals surface area contributed by atoms with Gasteiger partial charge in [0.25, 0.3) is 0 Å². The highest BCUT2D eigenvalue weighted by Gasteiger charge is 2.81. The lowest BCUT2D eigenvalue weighted by Crippen LogP contribution is -2.37. The molecule has 4 atom stereocenters. The zero-order valence-electron chi connectivity index (χ0n) is 20.3. The van der Waals surface area contributed by atoms with E-state index in [2.05, 4.69) is 5.32 Å². The Hall–Kier alpha value is -3.04. The first-order valence-corrected chi connectivity index (χ1v) is 11.5. The van der Waals surface area contributed by atoms with Gasteiger partial charge in [0.2, 0.25) is 11.8 Å². The smallest absolute Gasteiger partial charge is 0.325 e. The molecule has 2 amide bonds. The number of anilines is 2. The Labute approximate surface area is 204 Å². The molecule has 1 aliphatic heterocycles. The van der Waals surface area contributed by atoms with Gasteiger partial charge in [0.15, 0.2) is 0 Å². The van der Waals surface area contributed by atoms with Gasteiger partial charge in [-0.15, -0.1) is 0 Å². The number of amides is 2. The standard InChI is InChI=1S/C26H26F6N2O2/c1-12(2)19-21-24(19,15(5)22(35)34(21)20-13(3)7-6-8-14(20)4)23(36)33-18-10-16(25(27,28)29)9-17(11-18)26(30,31)32/h6-12,15,19,21H,1-5H3,(H,33,36)/t15-,19?,21?,24-/m1/s1. The predicted molar refractivity (Wildman–Crippen MR) is 122 cm³/mol. The lowest BCUT2D eigenvalue weighted by molar-refractivity contribution is -0.143. The Bertz CT molecular complexity index is 1180. The molecule has 1 heterocycles.